The fourth-order valence-electron chi connectivity index (χ4n) is 4.23. The number of hydrogen-bond donors (Lipinski definition) is 0. The average molecular weight is 453 g/mol. The first kappa shape index (κ1) is 22.4. The van der Waals surface area contributed by atoms with E-state index in [0.717, 1.165) is 49.2 Å². The van der Waals surface area contributed by atoms with Crippen LogP contribution in [-0.2, 0) is 16.1 Å². The van der Waals surface area contributed by atoms with E-state index >= 15 is 0 Å². The number of piperidine rings is 1. The SMILES string of the molecule is CCCOc1ccc(C2=C(N3CCC(C)CC3)C(=O)N(Cc3ccccc3Cl)C2=O)cc1. The minimum atomic E-state index is -0.272. The van der Waals surface area contributed by atoms with E-state index in [2.05, 4.69) is 18.7 Å². The Hall–Kier alpha value is -2.79. The van der Waals surface area contributed by atoms with E-state index < -0.39 is 0 Å². The monoisotopic (exact) mass is 452 g/mol. The van der Waals surface area contributed by atoms with Crippen LogP contribution < -0.4 is 4.74 Å². The Kier molecular flexibility index (Phi) is 6.85. The molecule has 6 heteroatoms. The number of rotatable bonds is 7. The van der Waals surface area contributed by atoms with Crippen molar-refractivity contribution in [3.05, 3.63) is 70.4 Å². The van der Waals surface area contributed by atoms with Gasteiger partial charge in [0.2, 0.25) is 0 Å². The second-order valence-corrected chi connectivity index (χ2v) is 8.96. The van der Waals surface area contributed by atoms with Crippen LogP contribution in [0.2, 0.25) is 5.02 Å². The average Bonchev–Trinajstić information content (AvgIpc) is 3.05. The molecule has 0 saturated carbocycles. The highest BCUT2D eigenvalue weighted by Gasteiger charge is 2.42. The largest absolute Gasteiger partial charge is 0.494 e. The third-order valence-corrected chi connectivity index (χ3v) is 6.51. The first-order valence-corrected chi connectivity index (χ1v) is 11.7. The number of nitrogens with zero attached hydrogens (tertiary/aromatic N) is 2. The molecule has 0 aliphatic carbocycles. The van der Waals surface area contributed by atoms with Crippen LogP contribution in [0.15, 0.2) is 54.2 Å². The van der Waals surface area contributed by atoms with E-state index in [1.807, 2.05) is 42.5 Å². The van der Waals surface area contributed by atoms with E-state index in [9.17, 15) is 9.59 Å². The molecule has 0 spiro atoms. The molecule has 0 bridgehead atoms. The third kappa shape index (κ3) is 4.53. The number of likely N-dealkylation sites (tertiary alicyclic amines) is 1. The standard InChI is InChI=1S/C26H29ClN2O3/c1-3-16-32-21-10-8-19(9-11-21)23-24(28-14-12-18(2)13-15-28)26(31)29(25(23)30)17-20-6-4-5-7-22(20)27/h4-11,18H,3,12-17H2,1-2H3. The second-order valence-electron chi connectivity index (χ2n) is 8.55. The summed E-state index contributed by atoms with van der Waals surface area (Å²) in [5.74, 6) is 0.863. The van der Waals surface area contributed by atoms with Crippen molar-refractivity contribution in [1.29, 1.82) is 0 Å². The van der Waals surface area contributed by atoms with Crippen LogP contribution in [0.5, 0.6) is 5.75 Å². The molecule has 0 aromatic heterocycles. The first-order valence-electron chi connectivity index (χ1n) is 11.3. The number of ether oxygens (including phenoxy) is 1. The van der Waals surface area contributed by atoms with Gasteiger partial charge in [0.25, 0.3) is 11.8 Å². The molecule has 0 N–H and O–H groups in total. The van der Waals surface area contributed by atoms with Gasteiger partial charge in [0.15, 0.2) is 0 Å². The predicted octanol–water partition coefficient (Wildman–Crippen LogP) is 5.14. The molecule has 2 aromatic rings. The number of carbonyl (C=O) groups excluding carboxylic acids is 2. The Morgan fingerprint density at radius 3 is 2.34 bits per heavy atom. The van der Waals surface area contributed by atoms with Gasteiger partial charge in [0.1, 0.15) is 11.4 Å². The van der Waals surface area contributed by atoms with Crippen LogP contribution in [0.25, 0.3) is 5.57 Å². The quantitative estimate of drug-likeness (QED) is 0.546. The second kappa shape index (κ2) is 9.78. The van der Waals surface area contributed by atoms with Gasteiger partial charge in [-0.25, -0.2) is 0 Å². The predicted molar refractivity (Wildman–Crippen MR) is 126 cm³/mol. The molecule has 0 unspecified atom stereocenters. The Labute approximate surface area is 194 Å². The van der Waals surface area contributed by atoms with Gasteiger partial charge >= 0.3 is 0 Å². The molecule has 2 aliphatic heterocycles. The van der Waals surface area contributed by atoms with Crippen molar-refractivity contribution in [2.45, 2.75) is 39.7 Å². The Morgan fingerprint density at radius 2 is 1.69 bits per heavy atom. The number of halogens is 1. The van der Waals surface area contributed by atoms with E-state index in [1.54, 1.807) is 6.07 Å². The molecule has 168 valence electrons. The maximum absolute atomic E-state index is 13.6. The van der Waals surface area contributed by atoms with Gasteiger partial charge in [-0.1, -0.05) is 55.8 Å². The molecule has 1 fully saturated rings. The lowest BCUT2D eigenvalue weighted by atomic mass is 9.97. The van der Waals surface area contributed by atoms with E-state index in [4.69, 9.17) is 16.3 Å². The lowest BCUT2D eigenvalue weighted by Crippen LogP contribution is -2.38. The summed E-state index contributed by atoms with van der Waals surface area (Å²) in [6, 6.07) is 14.8. The van der Waals surface area contributed by atoms with Crippen LogP contribution in [0.4, 0.5) is 0 Å². The van der Waals surface area contributed by atoms with E-state index in [0.29, 0.717) is 28.8 Å². The first-order chi connectivity index (χ1) is 15.5. The van der Waals surface area contributed by atoms with Crippen LogP contribution in [0.3, 0.4) is 0 Å². The van der Waals surface area contributed by atoms with E-state index in [-0.39, 0.29) is 18.4 Å². The van der Waals surface area contributed by atoms with Crippen molar-refractivity contribution < 1.29 is 14.3 Å². The number of benzene rings is 2. The molecule has 0 radical (unpaired) electrons. The number of amides is 2. The number of imide groups is 1. The lowest BCUT2D eigenvalue weighted by molar-refractivity contribution is -0.138. The highest BCUT2D eigenvalue weighted by atomic mass is 35.5. The molecule has 0 atom stereocenters. The van der Waals surface area contributed by atoms with Crippen LogP contribution in [0.1, 0.15) is 44.2 Å². The summed E-state index contributed by atoms with van der Waals surface area (Å²) in [7, 11) is 0. The van der Waals surface area contributed by atoms with E-state index in [1.165, 1.54) is 4.90 Å². The number of carbonyl (C=O) groups is 2. The molecular weight excluding hydrogens is 424 g/mol. The highest BCUT2D eigenvalue weighted by Crippen LogP contribution is 2.35. The van der Waals surface area contributed by atoms with Crippen molar-refractivity contribution in [2.75, 3.05) is 19.7 Å². The van der Waals surface area contributed by atoms with Crippen molar-refractivity contribution in [2.24, 2.45) is 5.92 Å². The van der Waals surface area contributed by atoms with Crippen molar-refractivity contribution in [1.82, 2.24) is 9.80 Å². The van der Waals surface area contributed by atoms with Gasteiger partial charge < -0.3 is 9.64 Å². The zero-order valence-corrected chi connectivity index (χ0v) is 19.4. The van der Waals surface area contributed by atoms with Gasteiger partial charge in [0, 0.05) is 18.1 Å². The maximum atomic E-state index is 13.6. The summed E-state index contributed by atoms with van der Waals surface area (Å²) in [5.41, 5.74) is 2.48. The van der Waals surface area contributed by atoms with Crippen molar-refractivity contribution in [3.8, 4) is 5.75 Å². The zero-order valence-electron chi connectivity index (χ0n) is 18.6. The molecule has 2 heterocycles. The summed E-state index contributed by atoms with van der Waals surface area (Å²) in [5, 5.41) is 0.548. The maximum Gasteiger partial charge on any atom is 0.278 e. The molecule has 2 aromatic carbocycles. The minimum absolute atomic E-state index is 0.159. The Bertz CT molecular complexity index is 1020. The van der Waals surface area contributed by atoms with Crippen LogP contribution in [0, 0.1) is 5.92 Å². The molecule has 1 saturated heterocycles. The summed E-state index contributed by atoms with van der Waals surface area (Å²) in [4.78, 5) is 30.5. The van der Waals surface area contributed by atoms with Crippen LogP contribution >= 0.6 is 11.6 Å². The molecule has 5 nitrogen and oxygen atoms in total. The third-order valence-electron chi connectivity index (χ3n) is 6.15. The van der Waals surface area contributed by atoms with Gasteiger partial charge in [-0.15, -0.1) is 0 Å². The fraction of sp³-hybridized carbons (Fsp3) is 0.385. The molecule has 32 heavy (non-hydrogen) atoms. The topological polar surface area (TPSA) is 49.9 Å². The van der Waals surface area contributed by atoms with Crippen molar-refractivity contribution >= 4 is 29.0 Å². The van der Waals surface area contributed by atoms with Gasteiger partial charge in [0.05, 0.1) is 18.7 Å². The normalized spacial score (nSPS) is 17.5. The summed E-state index contributed by atoms with van der Waals surface area (Å²) < 4.78 is 5.69. The lowest BCUT2D eigenvalue weighted by Gasteiger charge is -2.32. The fourth-order valence-corrected chi connectivity index (χ4v) is 4.42. The smallest absolute Gasteiger partial charge is 0.278 e. The number of hydrogen-bond acceptors (Lipinski definition) is 4. The minimum Gasteiger partial charge on any atom is -0.494 e. The van der Waals surface area contributed by atoms with Gasteiger partial charge in [-0.3, -0.25) is 14.5 Å². The highest BCUT2D eigenvalue weighted by molar-refractivity contribution is 6.35. The van der Waals surface area contributed by atoms with Crippen molar-refractivity contribution in [3.63, 3.8) is 0 Å². The Balaban J connectivity index is 1.69. The zero-order chi connectivity index (χ0) is 22.7. The molecule has 2 aliphatic rings. The van der Waals surface area contributed by atoms with Crippen LogP contribution in [-0.4, -0.2) is 41.3 Å². The molecular formula is C26H29ClN2O3. The summed E-state index contributed by atoms with van der Waals surface area (Å²) in [6.45, 7) is 6.64. The molecule has 4 rings (SSSR count). The summed E-state index contributed by atoms with van der Waals surface area (Å²) in [6.07, 6.45) is 2.94. The van der Waals surface area contributed by atoms with Gasteiger partial charge in [-0.05, 0) is 54.5 Å². The summed E-state index contributed by atoms with van der Waals surface area (Å²) >= 11 is 6.32. The Morgan fingerprint density at radius 1 is 1.00 bits per heavy atom. The van der Waals surface area contributed by atoms with Gasteiger partial charge in [-0.2, -0.15) is 0 Å². The molecule has 2 amide bonds.